The van der Waals surface area contributed by atoms with E-state index in [4.69, 9.17) is 0 Å². The SMILES string of the molecule is C/C=C/C=C/C(=O)NN1CCN(C)CC1. The quantitative estimate of drug-likeness (QED) is 0.540. The molecule has 0 saturated carbocycles. The second-order valence-electron chi connectivity index (χ2n) is 3.65. The van der Waals surface area contributed by atoms with E-state index in [-0.39, 0.29) is 5.91 Å². The maximum absolute atomic E-state index is 11.4. The Morgan fingerprint density at radius 1 is 1.20 bits per heavy atom. The topological polar surface area (TPSA) is 35.6 Å². The van der Waals surface area contributed by atoms with Crippen LogP contribution >= 0.6 is 0 Å². The molecule has 4 heteroatoms. The number of carbonyl (C=O) groups excluding carboxylic acids is 1. The van der Waals surface area contributed by atoms with Gasteiger partial charge in [0.1, 0.15) is 0 Å². The zero-order valence-corrected chi connectivity index (χ0v) is 9.44. The van der Waals surface area contributed by atoms with Crippen molar-refractivity contribution < 1.29 is 4.79 Å². The van der Waals surface area contributed by atoms with Gasteiger partial charge in [0.15, 0.2) is 0 Å². The van der Waals surface area contributed by atoms with Gasteiger partial charge in [-0.2, -0.15) is 0 Å². The Hall–Kier alpha value is -1.13. The zero-order chi connectivity index (χ0) is 11.1. The summed E-state index contributed by atoms with van der Waals surface area (Å²) in [4.78, 5) is 13.6. The summed E-state index contributed by atoms with van der Waals surface area (Å²) >= 11 is 0. The van der Waals surface area contributed by atoms with Gasteiger partial charge < -0.3 is 4.90 Å². The van der Waals surface area contributed by atoms with Crippen LogP contribution < -0.4 is 5.43 Å². The van der Waals surface area contributed by atoms with Crippen LogP contribution in [0, 0.1) is 0 Å². The molecule has 0 aliphatic carbocycles. The number of allylic oxidation sites excluding steroid dienone is 3. The van der Waals surface area contributed by atoms with E-state index < -0.39 is 0 Å². The summed E-state index contributed by atoms with van der Waals surface area (Å²) in [5, 5.41) is 1.96. The normalized spacial score (nSPS) is 20.1. The summed E-state index contributed by atoms with van der Waals surface area (Å²) in [5.74, 6) is -0.0577. The van der Waals surface area contributed by atoms with E-state index in [0.29, 0.717) is 0 Å². The summed E-state index contributed by atoms with van der Waals surface area (Å²) in [5.41, 5.74) is 2.85. The van der Waals surface area contributed by atoms with Crippen LogP contribution in [0.5, 0.6) is 0 Å². The molecular weight excluding hydrogens is 190 g/mol. The minimum atomic E-state index is -0.0577. The number of piperazine rings is 1. The summed E-state index contributed by atoms with van der Waals surface area (Å²) in [6, 6.07) is 0. The predicted octanol–water partition coefficient (Wildman–Crippen LogP) is 0.397. The fourth-order valence-electron chi connectivity index (χ4n) is 1.37. The number of amides is 1. The molecule has 0 aromatic rings. The van der Waals surface area contributed by atoms with Crippen molar-refractivity contribution in [2.45, 2.75) is 6.92 Å². The second kappa shape index (κ2) is 6.37. The van der Waals surface area contributed by atoms with Crippen molar-refractivity contribution in [2.24, 2.45) is 0 Å². The number of hydrogen-bond acceptors (Lipinski definition) is 3. The van der Waals surface area contributed by atoms with E-state index in [0.717, 1.165) is 26.2 Å². The third-order valence-electron chi connectivity index (χ3n) is 2.32. The molecular formula is C11H19N3O. The summed E-state index contributed by atoms with van der Waals surface area (Å²) in [6.07, 6.45) is 7.01. The number of hydrogen-bond donors (Lipinski definition) is 1. The molecule has 1 heterocycles. The average Bonchev–Trinajstić information content (AvgIpc) is 2.22. The molecule has 0 aromatic heterocycles. The van der Waals surface area contributed by atoms with E-state index in [1.165, 1.54) is 0 Å². The van der Waals surface area contributed by atoms with Crippen LogP contribution in [0.25, 0.3) is 0 Å². The van der Waals surface area contributed by atoms with Crippen molar-refractivity contribution in [3.63, 3.8) is 0 Å². The first-order valence-electron chi connectivity index (χ1n) is 5.26. The van der Waals surface area contributed by atoms with Crippen LogP contribution in [0.1, 0.15) is 6.92 Å². The molecule has 15 heavy (non-hydrogen) atoms. The molecule has 0 spiro atoms. The molecule has 4 nitrogen and oxygen atoms in total. The monoisotopic (exact) mass is 209 g/mol. The highest BCUT2D eigenvalue weighted by molar-refractivity contribution is 5.87. The van der Waals surface area contributed by atoms with Gasteiger partial charge in [-0.1, -0.05) is 18.2 Å². The number of rotatable bonds is 3. The third kappa shape index (κ3) is 4.76. The number of likely N-dealkylation sites (N-methyl/N-ethyl adjacent to an activating group) is 1. The highest BCUT2D eigenvalue weighted by Gasteiger charge is 2.14. The lowest BCUT2D eigenvalue weighted by molar-refractivity contribution is -0.121. The Balaban J connectivity index is 2.26. The maximum Gasteiger partial charge on any atom is 0.258 e. The molecule has 0 unspecified atom stereocenters. The first-order valence-corrected chi connectivity index (χ1v) is 5.26. The first-order chi connectivity index (χ1) is 7.22. The van der Waals surface area contributed by atoms with Crippen molar-refractivity contribution in [3.05, 3.63) is 24.3 Å². The van der Waals surface area contributed by atoms with Crippen LogP contribution in [0.3, 0.4) is 0 Å². The minimum Gasteiger partial charge on any atom is -0.304 e. The molecule has 1 aliphatic heterocycles. The lowest BCUT2D eigenvalue weighted by Gasteiger charge is -2.31. The highest BCUT2D eigenvalue weighted by Crippen LogP contribution is 1.95. The molecule has 1 rings (SSSR count). The Kier molecular flexibility index (Phi) is 5.07. The Morgan fingerprint density at radius 3 is 2.47 bits per heavy atom. The summed E-state index contributed by atoms with van der Waals surface area (Å²) < 4.78 is 0. The fraction of sp³-hybridized carbons (Fsp3) is 0.545. The number of nitrogens with one attached hydrogen (secondary N) is 1. The van der Waals surface area contributed by atoms with Gasteiger partial charge in [-0.15, -0.1) is 0 Å². The molecule has 1 fully saturated rings. The Labute approximate surface area is 91.2 Å². The van der Waals surface area contributed by atoms with Crippen LogP contribution in [0.2, 0.25) is 0 Å². The molecule has 0 radical (unpaired) electrons. The lowest BCUT2D eigenvalue weighted by atomic mass is 10.4. The van der Waals surface area contributed by atoms with Crippen molar-refractivity contribution in [1.82, 2.24) is 15.3 Å². The highest BCUT2D eigenvalue weighted by atomic mass is 16.2. The molecule has 1 amide bonds. The number of carbonyl (C=O) groups is 1. The number of nitrogens with zero attached hydrogens (tertiary/aromatic N) is 2. The fourth-order valence-corrected chi connectivity index (χ4v) is 1.37. The van der Waals surface area contributed by atoms with Gasteiger partial charge in [0.05, 0.1) is 0 Å². The van der Waals surface area contributed by atoms with Crippen molar-refractivity contribution >= 4 is 5.91 Å². The first kappa shape index (κ1) is 11.9. The molecule has 1 aliphatic rings. The summed E-state index contributed by atoms with van der Waals surface area (Å²) in [6.45, 7) is 5.69. The van der Waals surface area contributed by atoms with Crippen LogP contribution in [-0.4, -0.2) is 49.0 Å². The van der Waals surface area contributed by atoms with Crippen molar-refractivity contribution in [3.8, 4) is 0 Å². The van der Waals surface area contributed by atoms with Gasteiger partial charge >= 0.3 is 0 Å². The summed E-state index contributed by atoms with van der Waals surface area (Å²) in [7, 11) is 2.09. The van der Waals surface area contributed by atoms with Crippen molar-refractivity contribution in [1.29, 1.82) is 0 Å². The van der Waals surface area contributed by atoms with Gasteiger partial charge in [-0.3, -0.25) is 10.2 Å². The van der Waals surface area contributed by atoms with Crippen molar-refractivity contribution in [2.75, 3.05) is 33.2 Å². The zero-order valence-electron chi connectivity index (χ0n) is 9.44. The lowest BCUT2D eigenvalue weighted by Crippen LogP contribution is -2.52. The molecule has 0 aromatic carbocycles. The van der Waals surface area contributed by atoms with Gasteiger partial charge in [0, 0.05) is 32.3 Å². The van der Waals surface area contributed by atoms with Crippen LogP contribution in [0.4, 0.5) is 0 Å². The van der Waals surface area contributed by atoms with Gasteiger partial charge in [-0.05, 0) is 14.0 Å². The Bertz CT molecular complexity index is 253. The Morgan fingerprint density at radius 2 is 1.87 bits per heavy atom. The largest absolute Gasteiger partial charge is 0.304 e. The van der Waals surface area contributed by atoms with Gasteiger partial charge in [-0.25, -0.2) is 5.01 Å². The maximum atomic E-state index is 11.4. The second-order valence-corrected chi connectivity index (χ2v) is 3.65. The van der Waals surface area contributed by atoms with E-state index in [1.807, 2.05) is 24.1 Å². The molecule has 0 bridgehead atoms. The van der Waals surface area contributed by atoms with E-state index >= 15 is 0 Å². The molecule has 84 valence electrons. The standard InChI is InChI=1S/C11H19N3O/c1-3-4-5-6-11(15)12-14-9-7-13(2)8-10-14/h3-6H,7-10H2,1-2H3,(H,12,15)/b4-3+,6-5+. The van der Waals surface area contributed by atoms with Gasteiger partial charge in [0.2, 0.25) is 0 Å². The smallest absolute Gasteiger partial charge is 0.258 e. The van der Waals surface area contributed by atoms with Crippen LogP contribution in [0.15, 0.2) is 24.3 Å². The average molecular weight is 209 g/mol. The molecule has 0 atom stereocenters. The van der Waals surface area contributed by atoms with Gasteiger partial charge in [0.25, 0.3) is 5.91 Å². The third-order valence-corrected chi connectivity index (χ3v) is 2.32. The molecule has 1 N–H and O–H groups in total. The molecule has 1 saturated heterocycles. The van der Waals surface area contributed by atoms with E-state index in [1.54, 1.807) is 12.2 Å². The number of hydrazine groups is 1. The predicted molar refractivity (Wildman–Crippen MR) is 61.2 cm³/mol. The van der Waals surface area contributed by atoms with Crippen LogP contribution in [-0.2, 0) is 4.79 Å². The van der Waals surface area contributed by atoms with E-state index in [2.05, 4.69) is 17.4 Å². The minimum absolute atomic E-state index is 0.0577. The van der Waals surface area contributed by atoms with E-state index in [9.17, 15) is 4.79 Å².